The second-order valence-electron chi connectivity index (χ2n) is 4.30. The van der Waals surface area contributed by atoms with Crippen molar-refractivity contribution >= 4 is 17.3 Å². The molecule has 0 fully saturated rings. The zero-order chi connectivity index (χ0) is 11.6. The number of nitrogens with zero attached hydrogens (tertiary/aromatic N) is 1. The molecule has 0 aromatic carbocycles. The van der Waals surface area contributed by atoms with Gasteiger partial charge in [0, 0.05) is 22.5 Å². The molecule has 0 radical (unpaired) electrons. The van der Waals surface area contributed by atoms with E-state index in [1.165, 1.54) is 11.3 Å². The van der Waals surface area contributed by atoms with Gasteiger partial charge in [-0.15, -0.1) is 11.3 Å². The summed E-state index contributed by atoms with van der Waals surface area (Å²) in [6, 6.07) is 0. The second-order valence-corrected chi connectivity index (χ2v) is 5.19. The zero-order valence-corrected chi connectivity index (χ0v) is 9.97. The predicted octanol–water partition coefficient (Wildman–Crippen LogP) is 1.75. The molecule has 0 amide bonds. The van der Waals surface area contributed by atoms with Crippen molar-refractivity contribution in [1.82, 2.24) is 4.98 Å². The van der Waals surface area contributed by atoms with E-state index in [1.54, 1.807) is 0 Å². The Balaban J connectivity index is 2.96. The van der Waals surface area contributed by atoms with Crippen molar-refractivity contribution < 1.29 is 9.90 Å². The summed E-state index contributed by atoms with van der Waals surface area (Å²) < 4.78 is 0. The van der Waals surface area contributed by atoms with Gasteiger partial charge in [-0.05, 0) is 20.8 Å². The highest BCUT2D eigenvalue weighted by atomic mass is 32.1. The molecule has 1 atom stereocenters. The van der Waals surface area contributed by atoms with Gasteiger partial charge in [0.25, 0.3) is 0 Å². The molecule has 1 rings (SSSR count). The third-order valence-electron chi connectivity index (χ3n) is 2.21. The standard InChI is InChI=1S/C10H16N2O2S/c1-6-5-15-9(12-6)7(4-8(13)14)10(2,3)11/h5,7H,4,11H2,1-3H3,(H,13,14). The van der Waals surface area contributed by atoms with Crippen LogP contribution in [0.2, 0.25) is 0 Å². The van der Waals surface area contributed by atoms with Crippen molar-refractivity contribution in [2.75, 3.05) is 0 Å². The van der Waals surface area contributed by atoms with Gasteiger partial charge in [0.2, 0.25) is 0 Å². The molecule has 0 spiro atoms. The van der Waals surface area contributed by atoms with Gasteiger partial charge < -0.3 is 10.8 Å². The molecule has 0 aliphatic carbocycles. The summed E-state index contributed by atoms with van der Waals surface area (Å²) in [5, 5.41) is 11.6. The fourth-order valence-corrected chi connectivity index (χ4v) is 2.47. The average molecular weight is 228 g/mol. The lowest BCUT2D eigenvalue weighted by Crippen LogP contribution is -2.40. The Kier molecular flexibility index (Phi) is 3.46. The summed E-state index contributed by atoms with van der Waals surface area (Å²) in [5.41, 5.74) is 6.32. The Morgan fingerprint density at radius 3 is 2.67 bits per heavy atom. The lowest BCUT2D eigenvalue weighted by atomic mass is 9.86. The molecule has 1 aromatic heterocycles. The van der Waals surface area contributed by atoms with Crippen LogP contribution < -0.4 is 5.73 Å². The van der Waals surface area contributed by atoms with Gasteiger partial charge in [-0.1, -0.05) is 0 Å². The van der Waals surface area contributed by atoms with Crippen molar-refractivity contribution in [1.29, 1.82) is 0 Å². The third kappa shape index (κ3) is 3.28. The maximum atomic E-state index is 10.8. The number of aryl methyl sites for hydroxylation is 1. The molecular weight excluding hydrogens is 212 g/mol. The van der Waals surface area contributed by atoms with Gasteiger partial charge in [-0.3, -0.25) is 4.79 Å². The normalized spacial score (nSPS) is 13.9. The number of aromatic nitrogens is 1. The number of carbonyl (C=O) groups is 1. The number of thiazole rings is 1. The van der Waals surface area contributed by atoms with Crippen LogP contribution in [0.15, 0.2) is 5.38 Å². The van der Waals surface area contributed by atoms with Gasteiger partial charge in [0.1, 0.15) is 0 Å². The lowest BCUT2D eigenvalue weighted by molar-refractivity contribution is -0.137. The Labute approximate surface area is 93.1 Å². The first-order valence-corrected chi connectivity index (χ1v) is 5.61. The fourth-order valence-electron chi connectivity index (χ4n) is 1.38. The number of nitrogens with two attached hydrogens (primary N) is 1. The number of hydrogen-bond acceptors (Lipinski definition) is 4. The Morgan fingerprint density at radius 1 is 1.73 bits per heavy atom. The Hall–Kier alpha value is -0.940. The summed E-state index contributed by atoms with van der Waals surface area (Å²) in [4.78, 5) is 15.1. The van der Waals surface area contributed by atoms with Gasteiger partial charge >= 0.3 is 5.97 Å². The molecule has 0 bridgehead atoms. The first-order valence-electron chi connectivity index (χ1n) is 4.73. The van der Waals surface area contributed by atoms with Gasteiger partial charge in [0.05, 0.1) is 11.4 Å². The molecule has 1 heterocycles. The predicted molar refractivity (Wildman–Crippen MR) is 60.1 cm³/mol. The van der Waals surface area contributed by atoms with E-state index in [2.05, 4.69) is 4.98 Å². The molecule has 15 heavy (non-hydrogen) atoms. The molecule has 0 aliphatic rings. The topological polar surface area (TPSA) is 76.2 Å². The minimum absolute atomic E-state index is 0.0243. The van der Waals surface area contributed by atoms with Crippen molar-refractivity contribution in [3.8, 4) is 0 Å². The summed E-state index contributed by atoms with van der Waals surface area (Å²) in [6.45, 7) is 5.55. The van der Waals surface area contributed by atoms with E-state index in [0.29, 0.717) is 0 Å². The van der Waals surface area contributed by atoms with Crippen LogP contribution in [0.5, 0.6) is 0 Å². The number of aliphatic carboxylic acids is 1. The SMILES string of the molecule is Cc1csc(C(CC(=O)O)C(C)(C)N)n1. The van der Waals surface area contributed by atoms with Crippen LogP contribution in [-0.4, -0.2) is 21.6 Å². The highest BCUT2D eigenvalue weighted by Gasteiger charge is 2.31. The van der Waals surface area contributed by atoms with Crippen LogP contribution in [-0.2, 0) is 4.79 Å². The Morgan fingerprint density at radius 2 is 2.33 bits per heavy atom. The molecule has 0 saturated carbocycles. The van der Waals surface area contributed by atoms with Crippen LogP contribution in [0.3, 0.4) is 0 Å². The van der Waals surface area contributed by atoms with E-state index in [9.17, 15) is 4.79 Å². The minimum atomic E-state index is -0.841. The van der Waals surface area contributed by atoms with E-state index in [0.717, 1.165) is 10.7 Å². The number of carboxylic acids is 1. The van der Waals surface area contributed by atoms with Crippen LogP contribution >= 0.6 is 11.3 Å². The maximum absolute atomic E-state index is 10.8. The molecule has 1 unspecified atom stereocenters. The first kappa shape index (κ1) is 12.1. The molecule has 0 aliphatic heterocycles. The average Bonchev–Trinajstić information content (AvgIpc) is 2.45. The summed E-state index contributed by atoms with van der Waals surface area (Å²) in [6.07, 6.45) is 0.0243. The quantitative estimate of drug-likeness (QED) is 0.823. The molecule has 1 aromatic rings. The van der Waals surface area contributed by atoms with Gasteiger partial charge in [0.15, 0.2) is 0 Å². The van der Waals surface area contributed by atoms with E-state index < -0.39 is 11.5 Å². The third-order valence-corrected chi connectivity index (χ3v) is 3.29. The van der Waals surface area contributed by atoms with Crippen molar-refractivity contribution in [3.63, 3.8) is 0 Å². The summed E-state index contributed by atoms with van der Waals surface area (Å²) >= 11 is 1.47. The van der Waals surface area contributed by atoms with Crippen LogP contribution in [0.1, 0.15) is 36.9 Å². The van der Waals surface area contributed by atoms with E-state index in [1.807, 2.05) is 26.2 Å². The maximum Gasteiger partial charge on any atom is 0.304 e. The number of rotatable bonds is 4. The highest BCUT2D eigenvalue weighted by Crippen LogP contribution is 2.31. The first-order chi connectivity index (χ1) is 6.80. The fraction of sp³-hybridized carbons (Fsp3) is 0.600. The molecule has 4 nitrogen and oxygen atoms in total. The van der Waals surface area contributed by atoms with E-state index in [-0.39, 0.29) is 12.3 Å². The van der Waals surface area contributed by atoms with Gasteiger partial charge in [-0.2, -0.15) is 0 Å². The van der Waals surface area contributed by atoms with Crippen LogP contribution in [0.4, 0.5) is 0 Å². The summed E-state index contributed by atoms with van der Waals surface area (Å²) in [5.74, 6) is -1.07. The Bertz CT molecular complexity index is 355. The molecule has 5 heteroatoms. The highest BCUT2D eigenvalue weighted by molar-refractivity contribution is 7.09. The van der Waals surface area contributed by atoms with Gasteiger partial charge in [-0.25, -0.2) is 4.98 Å². The van der Waals surface area contributed by atoms with Crippen molar-refractivity contribution in [2.24, 2.45) is 5.73 Å². The van der Waals surface area contributed by atoms with Crippen LogP contribution in [0, 0.1) is 6.92 Å². The second kappa shape index (κ2) is 4.28. The van der Waals surface area contributed by atoms with Crippen molar-refractivity contribution in [2.45, 2.75) is 38.6 Å². The monoisotopic (exact) mass is 228 g/mol. The van der Waals surface area contributed by atoms with Crippen LogP contribution in [0.25, 0.3) is 0 Å². The minimum Gasteiger partial charge on any atom is -0.481 e. The largest absolute Gasteiger partial charge is 0.481 e. The lowest BCUT2D eigenvalue weighted by Gasteiger charge is -2.27. The number of carboxylic acid groups (broad SMARTS) is 1. The van der Waals surface area contributed by atoms with E-state index in [4.69, 9.17) is 10.8 Å². The number of hydrogen-bond donors (Lipinski definition) is 2. The molecule has 3 N–H and O–H groups in total. The zero-order valence-electron chi connectivity index (χ0n) is 9.15. The molecule has 84 valence electrons. The van der Waals surface area contributed by atoms with E-state index >= 15 is 0 Å². The smallest absolute Gasteiger partial charge is 0.304 e. The van der Waals surface area contributed by atoms with Crippen molar-refractivity contribution in [3.05, 3.63) is 16.1 Å². The molecule has 0 saturated heterocycles. The molecular formula is C10H16N2O2S. The summed E-state index contributed by atoms with van der Waals surface area (Å²) in [7, 11) is 0.